The molecule has 4 saturated carbocycles. The van der Waals surface area contributed by atoms with Crippen LogP contribution in [0, 0.1) is 17.8 Å². The summed E-state index contributed by atoms with van der Waals surface area (Å²) >= 11 is 1.40. The summed E-state index contributed by atoms with van der Waals surface area (Å²) in [5, 5.41) is 12.6. The second-order valence-electron chi connectivity index (χ2n) is 8.49. The second kappa shape index (κ2) is 6.23. The van der Waals surface area contributed by atoms with Gasteiger partial charge in [-0.1, -0.05) is 11.3 Å². The molecule has 0 radical (unpaired) electrons. The van der Waals surface area contributed by atoms with Crippen molar-refractivity contribution in [2.45, 2.75) is 50.1 Å². The van der Waals surface area contributed by atoms with Crippen LogP contribution in [0.2, 0.25) is 0 Å². The molecular weight excluding hydrogens is 389 g/mol. The highest BCUT2D eigenvalue weighted by molar-refractivity contribution is 7.15. The van der Waals surface area contributed by atoms with Crippen LogP contribution in [0.25, 0.3) is 0 Å². The maximum absolute atomic E-state index is 12.6. The zero-order chi connectivity index (χ0) is 19.5. The van der Waals surface area contributed by atoms with Gasteiger partial charge in [-0.3, -0.25) is 15.1 Å². The largest absolute Gasteiger partial charge is 0.433 e. The van der Waals surface area contributed by atoms with Gasteiger partial charge < -0.3 is 0 Å². The highest BCUT2D eigenvalue weighted by Crippen LogP contribution is 2.61. The number of alkyl halides is 3. The van der Waals surface area contributed by atoms with Crippen LogP contribution in [0.3, 0.4) is 0 Å². The predicted octanol–water partition coefficient (Wildman–Crippen LogP) is 4.67. The molecule has 28 heavy (non-hydrogen) atoms. The van der Waals surface area contributed by atoms with Crippen LogP contribution in [0.1, 0.15) is 59.6 Å². The monoisotopic (exact) mass is 408 g/mol. The molecule has 2 aromatic heterocycles. The summed E-state index contributed by atoms with van der Waals surface area (Å²) in [6.45, 7) is 0. The lowest BCUT2D eigenvalue weighted by molar-refractivity contribution is -0.141. The van der Waals surface area contributed by atoms with E-state index in [1.165, 1.54) is 30.6 Å². The number of anilines is 1. The summed E-state index contributed by atoms with van der Waals surface area (Å²) in [5.41, 5.74) is -0.866. The Bertz CT molecular complexity index is 873. The first-order chi connectivity index (χ1) is 13.3. The van der Waals surface area contributed by atoms with E-state index in [0.717, 1.165) is 60.4 Å². The standard InChI is InChI=1S/C19H19F3N4OS/c20-19(21,22)14-2-1-13(9-23-14)15(27)24-17-26-25-16(28-17)18-6-10-3-11(7-18)5-12(4-10)8-18/h1-2,9-12H,3-8H2,(H,24,26,27). The molecule has 4 aliphatic carbocycles. The SMILES string of the molecule is O=C(Nc1nnc(C23CC4CC(CC(C4)C2)C3)s1)c1ccc(C(F)(F)F)nc1. The van der Waals surface area contributed by atoms with Crippen LogP contribution in [-0.4, -0.2) is 21.1 Å². The molecule has 0 saturated heterocycles. The summed E-state index contributed by atoms with van der Waals surface area (Å²) in [6.07, 6.45) is 3.88. The predicted molar refractivity (Wildman–Crippen MR) is 97.0 cm³/mol. The van der Waals surface area contributed by atoms with Gasteiger partial charge in [-0.25, -0.2) is 0 Å². The zero-order valence-electron chi connectivity index (χ0n) is 15.0. The minimum absolute atomic E-state index is 0.0551. The molecule has 2 heterocycles. The van der Waals surface area contributed by atoms with Crippen molar-refractivity contribution in [1.29, 1.82) is 0 Å². The number of halogens is 3. The number of nitrogens with one attached hydrogen (secondary N) is 1. The first-order valence-corrected chi connectivity index (χ1v) is 10.3. The molecule has 0 unspecified atom stereocenters. The summed E-state index contributed by atoms with van der Waals surface area (Å²) in [4.78, 5) is 15.7. The number of aromatic nitrogens is 3. The number of hydrogen-bond donors (Lipinski definition) is 1. The molecule has 0 aromatic carbocycles. The molecule has 4 bridgehead atoms. The Morgan fingerprint density at radius 3 is 2.25 bits per heavy atom. The second-order valence-corrected chi connectivity index (χ2v) is 9.47. The minimum Gasteiger partial charge on any atom is -0.296 e. The van der Waals surface area contributed by atoms with Crippen molar-refractivity contribution >= 4 is 22.4 Å². The number of hydrogen-bond acceptors (Lipinski definition) is 5. The fraction of sp³-hybridized carbons (Fsp3) is 0.579. The average Bonchev–Trinajstić information content (AvgIpc) is 3.09. The Balaban J connectivity index is 1.31. The van der Waals surface area contributed by atoms with Gasteiger partial charge in [0.25, 0.3) is 5.91 Å². The van der Waals surface area contributed by atoms with Crippen molar-refractivity contribution in [3.63, 3.8) is 0 Å². The highest BCUT2D eigenvalue weighted by Gasteiger charge is 2.53. The van der Waals surface area contributed by atoms with Gasteiger partial charge in [0.1, 0.15) is 10.7 Å². The minimum atomic E-state index is -4.53. The van der Waals surface area contributed by atoms with Gasteiger partial charge in [0.15, 0.2) is 0 Å². The van der Waals surface area contributed by atoms with E-state index >= 15 is 0 Å². The van der Waals surface area contributed by atoms with Gasteiger partial charge >= 0.3 is 6.18 Å². The quantitative estimate of drug-likeness (QED) is 0.801. The first-order valence-electron chi connectivity index (χ1n) is 9.49. The maximum atomic E-state index is 12.6. The smallest absolute Gasteiger partial charge is 0.296 e. The Morgan fingerprint density at radius 2 is 1.71 bits per heavy atom. The molecule has 1 amide bonds. The first kappa shape index (κ1) is 18.0. The van der Waals surface area contributed by atoms with Crippen molar-refractivity contribution in [1.82, 2.24) is 15.2 Å². The van der Waals surface area contributed by atoms with Gasteiger partial charge in [0.05, 0.1) is 5.56 Å². The molecule has 2 aromatic rings. The van der Waals surface area contributed by atoms with Gasteiger partial charge in [0, 0.05) is 11.6 Å². The third kappa shape index (κ3) is 3.09. The molecule has 0 aliphatic heterocycles. The lowest BCUT2D eigenvalue weighted by Crippen LogP contribution is -2.48. The molecule has 148 valence electrons. The number of rotatable bonds is 3. The van der Waals surface area contributed by atoms with Gasteiger partial charge in [-0.15, -0.1) is 10.2 Å². The van der Waals surface area contributed by atoms with E-state index in [9.17, 15) is 18.0 Å². The van der Waals surface area contributed by atoms with Crippen molar-refractivity contribution in [3.8, 4) is 0 Å². The molecule has 4 aliphatic rings. The van der Waals surface area contributed by atoms with E-state index in [0.29, 0.717) is 5.13 Å². The normalized spacial score (nSPS) is 31.2. The van der Waals surface area contributed by atoms with Gasteiger partial charge in [0.2, 0.25) is 5.13 Å². The van der Waals surface area contributed by atoms with E-state index in [2.05, 4.69) is 20.5 Å². The van der Waals surface area contributed by atoms with Crippen molar-refractivity contribution in [2.24, 2.45) is 17.8 Å². The molecule has 4 fully saturated rings. The average molecular weight is 408 g/mol. The lowest BCUT2D eigenvalue weighted by atomic mass is 9.50. The van der Waals surface area contributed by atoms with Crippen LogP contribution < -0.4 is 5.32 Å². The molecule has 0 atom stereocenters. The Labute approximate surface area is 163 Å². The van der Waals surface area contributed by atoms with Gasteiger partial charge in [-0.2, -0.15) is 13.2 Å². The van der Waals surface area contributed by atoms with Crippen LogP contribution in [0.4, 0.5) is 18.3 Å². The third-order valence-electron chi connectivity index (χ3n) is 6.45. The molecule has 6 rings (SSSR count). The molecular formula is C19H19F3N4OS. The van der Waals surface area contributed by atoms with Crippen LogP contribution in [0.15, 0.2) is 18.3 Å². The van der Waals surface area contributed by atoms with Crippen LogP contribution in [0.5, 0.6) is 0 Å². The highest BCUT2D eigenvalue weighted by atomic mass is 32.1. The molecule has 5 nitrogen and oxygen atoms in total. The summed E-state index contributed by atoms with van der Waals surface area (Å²) in [6, 6.07) is 1.92. The number of carbonyl (C=O) groups is 1. The number of nitrogens with zero attached hydrogens (tertiary/aromatic N) is 3. The van der Waals surface area contributed by atoms with Crippen molar-refractivity contribution in [2.75, 3.05) is 5.32 Å². The zero-order valence-corrected chi connectivity index (χ0v) is 15.8. The molecule has 1 N–H and O–H groups in total. The van der Waals surface area contributed by atoms with Crippen LogP contribution in [-0.2, 0) is 11.6 Å². The van der Waals surface area contributed by atoms with Gasteiger partial charge in [-0.05, 0) is 68.4 Å². The molecule has 0 spiro atoms. The Kier molecular flexibility index (Phi) is 4.01. The fourth-order valence-electron chi connectivity index (χ4n) is 5.73. The van der Waals surface area contributed by atoms with E-state index in [1.54, 1.807) is 0 Å². The topological polar surface area (TPSA) is 67.8 Å². The summed E-state index contributed by atoms with van der Waals surface area (Å²) in [7, 11) is 0. The van der Waals surface area contributed by atoms with Crippen molar-refractivity contribution < 1.29 is 18.0 Å². The summed E-state index contributed by atoms with van der Waals surface area (Å²) in [5.74, 6) is 1.82. The van der Waals surface area contributed by atoms with Crippen LogP contribution >= 0.6 is 11.3 Å². The van der Waals surface area contributed by atoms with E-state index < -0.39 is 17.8 Å². The van der Waals surface area contributed by atoms with E-state index in [-0.39, 0.29) is 11.0 Å². The fourth-order valence-corrected chi connectivity index (χ4v) is 6.68. The summed E-state index contributed by atoms with van der Waals surface area (Å²) < 4.78 is 37.8. The van der Waals surface area contributed by atoms with Crippen molar-refractivity contribution in [3.05, 3.63) is 34.6 Å². The Morgan fingerprint density at radius 1 is 1.07 bits per heavy atom. The number of amides is 1. The maximum Gasteiger partial charge on any atom is 0.433 e. The molecule has 9 heteroatoms. The number of carbonyl (C=O) groups excluding carboxylic acids is 1. The lowest BCUT2D eigenvalue weighted by Gasteiger charge is -2.55. The Hall–Kier alpha value is -2.03. The number of pyridine rings is 1. The third-order valence-corrected chi connectivity index (χ3v) is 7.54. The van der Waals surface area contributed by atoms with E-state index in [4.69, 9.17) is 0 Å². The van der Waals surface area contributed by atoms with E-state index in [1.807, 2.05) is 0 Å².